The second-order valence-electron chi connectivity index (χ2n) is 5.27. The number of esters is 1. The number of carbonyl (C=O) groups is 2. The molecular weight excluding hydrogens is 334 g/mol. The number of hydrogen-bond donors (Lipinski definition) is 0. The molecule has 2 heterocycles. The smallest absolute Gasteiger partial charge is 0.366 e. The fourth-order valence-corrected chi connectivity index (χ4v) is 2.17. The molecule has 0 spiro atoms. The predicted molar refractivity (Wildman–Crippen MR) is 85.4 cm³/mol. The van der Waals surface area contributed by atoms with E-state index in [-0.39, 0.29) is 24.8 Å². The van der Waals surface area contributed by atoms with Gasteiger partial charge >= 0.3 is 11.8 Å². The average molecular weight is 353 g/mol. The van der Waals surface area contributed by atoms with Gasteiger partial charge in [0.1, 0.15) is 13.2 Å². The lowest BCUT2D eigenvalue weighted by atomic mass is 10.2. The first-order valence-electron chi connectivity index (χ1n) is 7.81. The molecular formula is C15H19N3O7. The third-order valence-corrected chi connectivity index (χ3v) is 3.31. The van der Waals surface area contributed by atoms with Crippen LogP contribution in [0.15, 0.2) is 12.1 Å². The van der Waals surface area contributed by atoms with Crippen molar-refractivity contribution in [2.24, 2.45) is 0 Å². The molecule has 1 amide bonds. The molecule has 10 heteroatoms. The molecule has 1 aliphatic heterocycles. The van der Waals surface area contributed by atoms with E-state index in [1.807, 2.05) is 6.92 Å². The molecule has 136 valence electrons. The Balaban J connectivity index is 2.08. The molecule has 1 atom stereocenters. The van der Waals surface area contributed by atoms with Crippen LogP contribution in [0.5, 0.6) is 5.75 Å². The Bertz CT molecular complexity index is 665. The second-order valence-corrected chi connectivity index (χ2v) is 5.27. The number of hydrogen-bond acceptors (Lipinski definition) is 8. The van der Waals surface area contributed by atoms with Crippen LogP contribution in [0, 0.1) is 10.1 Å². The van der Waals surface area contributed by atoms with Gasteiger partial charge in [-0.3, -0.25) is 14.5 Å². The molecule has 0 saturated carbocycles. The molecule has 0 radical (unpaired) electrons. The van der Waals surface area contributed by atoms with Gasteiger partial charge in [-0.2, -0.15) is 0 Å². The molecule has 1 aliphatic rings. The summed E-state index contributed by atoms with van der Waals surface area (Å²) in [6, 6.07) is 2.52. The van der Waals surface area contributed by atoms with Gasteiger partial charge in [-0.1, -0.05) is 6.92 Å². The standard InChI is InChI=1S/C15H19N3O7/c1-3-6-23-7-8-24-13(19)9-17-14-11(25-10(2)15(17)20)4-5-12(16-14)18(21)22/h4-5,10H,3,6-9H2,1-2H3. The first-order valence-corrected chi connectivity index (χ1v) is 7.81. The number of aromatic nitrogens is 1. The number of ether oxygens (including phenoxy) is 3. The zero-order valence-electron chi connectivity index (χ0n) is 14.0. The second kappa shape index (κ2) is 8.38. The number of carbonyl (C=O) groups excluding carboxylic acids is 2. The van der Waals surface area contributed by atoms with Crippen LogP contribution in [-0.2, 0) is 19.1 Å². The predicted octanol–water partition coefficient (Wildman–Crippen LogP) is 1.07. The maximum atomic E-state index is 12.3. The minimum absolute atomic E-state index is 0.0577. The molecule has 10 nitrogen and oxygen atoms in total. The quantitative estimate of drug-likeness (QED) is 0.294. The highest BCUT2D eigenvalue weighted by Crippen LogP contribution is 2.33. The Morgan fingerprint density at radius 2 is 2.16 bits per heavy atom. The Morgan fingerprint density at radius 1 is 1.40 bits per heavy atom. The van der Waals surface area contributed by atoms with Crippen molar-refractivity contribution in [1.29, 1.82) is 0 Å². The fraction of sp³-hybridized carbons (Fsp3) is 0.533. The first-order chi connectivity index (χ1) is 11.9. The summed E-state index contributed by atoms with van der Waals surface area (Å²) < 4.78 is 15.6. The highest BCUT2D eigenvalue weighted by Gasteiger charge is 2.38. The van der Waals surface area contributed by atoms with Gasteiger partial charge in [0.2, 0.25) is 0 Å². The lowest BCUT2D eigenvalue weighted by Crippen LogP contribution is -2.47. The van der Waals surface area contributed by atoms with Crippen molar-refractivity contribution in [3.8, 4) is 5.75 Å². The largest absolute Gasteiger partial charge is 0.475 e. The topological polar surface area (TPSA) is 121 Å². The van der Waals surface area contributed by atoms with Crippen LogP contribution in [0.4, 0.5) is 11.6 Å². The number of nitro groups is 1. The van der Waals surface area contributed by atoms with Gasteiger partial charge in [0.25, 0.3) is 11.7 Å². The van der Waals surface area contributed by atoms with Crippen molar-refractivity contribution in [3.05, 3.63) is 22.2 Å². The maximum absolute atomic E-state index is 12.3. The summed E-state index contributed by atoms with van der Waals surface area (Å²) in [5, 5.41) is 10.9. The zero-order chi connectivity index (χ0) is 18.4. The number of amides is 1. The van der Waals surface area contributed by atoms with E-state index in [1.54, 1.807) is 0 Å². The minimum atomic E-state index is -0.837. The van der Waals surface area contributed by atoms with Gasteiger partial charge in [-0.25, -0.2) is 0 Å². The third kappa shape index (κ3) is 4.63. The third-order valence-electron chi connectivity index (χ3n) is 3.31. The normalized spacial score (nSPS) is 16.2. The number of anilines is 1. The molecule has 0 saturated heterocycles. The summed E-state index contributed by atoms with van der Waals surface area (Å²) in [7, 11) is 0. The van der Waals surface area contributed by atoms with Crippen molar-refractivity contribution >= 4 is 23.5 Å². The Kier molecular flexibility index (Phi) is 6.23. The fourth-order valence-electron chi connectivity index (χ4n) is 2.17. The van der Waals surface area contributed by atoms with Crippen LogP contribution >= 0.6 is 0 Å². The van der Waals surface area contributed by atoms with E-state index in [4.69, 9.17) is 14.2 Å². The van der Waals surface area contributed by atoms with Gasteiger partial charge in [0, 0.05) is 12.7 Å². The Labute approximate surface area is 143 Å². The van der Waals surface area contributed by atoms with Crippen molar-refractivity contribution in [1.82, 2.24) is 4.98 Å². The van der Waals surface area contributed by atoms with Gasteiger partial charge in [-0.15, -0.1) is 0 Å². The molecule has 1 aromatic rings. The SMILES string of the molecule is CCCOCCOC(=O)CN1C(=O)C(C)Oc2ccc([N+](=O)[O-])nc21. The van der Waals surface area contributed by atoms with Crippen LogP contribution in [0.3, 0.4) is 0 Å². The monoisotopic (exact) mass is 353 g/mol. The van der Waals surface area contributed by atoms with E-state index >= 15 is 0 Å². The van der Waals surface area contributed by atoms with Gasteiger partial charge in [0.15, 0.2) is 11.9 Å². The maximum Gasteiger partial charge on any atom is 0.366 e. The number of rotatable bonds is 8. The van der Waals surface area contributed by atoms with Gasteiger partial charge in [-0.05, 0) is 29.3 Å². The van der Waals surface area contributed by atoms with Gasteiger partial charge < -0.3 is 24.3 Å². The molecule has 1 aromatic heterocycles. The van der Waals surface area contributed by atoms with E-state index < -0.39 is 35.3 Å². The summed E-state index contributed by atoms with van der Waals surface area (Å²) in [5.74, 6) is -1.52. The molecule has 1 unspecified atom stereocenters. The van der Waals surface area contributed by atoms with E-state index in [0.29, 0.717) is 6.61 Å². The summed E-state index contributed by atoms with van der Waals surface area (Å²) in [6.07, 6.45) is 0.0199. The van der Waals surface area contributed by atoms with E-state index in [1.165, 1.54) is 19.1 Å². The lowest BCUT2D eigenvalue weighted by molar-refractivity contribution is -0.389. The molecule has 2 rings (SSSR count). The van der Waals surface area contributed by atoms with Crippen molar-refractivity contribution in [2.75, 3.05) is 31.3 Å². The van der Waals surface area contributed by atoms with Crippen molar-refractivity contribution < 1.29 is 28.7 Å². The summed E-state index contributed by atoms with van der Waals surface area (Å²) in [4.78, 5) is 39.3. The summed E-state index contributed by atoms with van der Waals surface area (Å²) in [5.41, 5.74) is 0. The van der Waals surface area contributed by atoms with E-state index in [9.17, 15) is 19.7 Å². The van der Waals surface area contributed by atoms with Crippen molar-refractivity contribution in [2.45, 2.75) is 26.4 Å². The highest BCUT2D eigenvalue weighted by molar-refractivity contribution is 6.02. The van der Waals surface area contributed by atoms with Crippen LogP contribution in [-0.4, -0.2) is 54.3 Å². The lowest BCUT2D eigenvalue weighted by Gasteiger charge is -2.28. The summed E-state index contributed by atoms with van der Waals surface area (Å²) >= 11 is 0. The minimum Gasteiger partial charge on any atom is -0.475 e. The summed E-state index contributed by atoms with van der Waals surface area (Å²) in [6.45, 7) is 3.94. The molecule has 0 bridgehead atoms. The van der Waals surface area contributed by atoms with E-state index in [0.717, 1.165) is 11.3 Å². The first kappa shape index (κ1) is 18.6. The van der Waals surface area contributed by atoms with Crippen LogP contribution in [0.2, 0.25) is 0 Å². The molecule has 0 fully saturated rings. The number of pyridine rings is 1. The molecule has 25 heavy (non-hydrogen) atoms. The van der Waals surface area contributed by atoms with Gasteiger partial charge in [0.05, 0.1) is 6.61 Å². The molecule has 0 aliphatic carbocycles. The Hall–Kier alpha value is -2.75. The average Bonchev–Trinajstić information content (AvgIpc) is 2.58. The highest BCUT2D eigenvalue weighted by atomic mass is 16.6. The molecule has 0 N–H and O–H groups in total. The van der Waals surface area contributed by atoms with Crippen LogP contribution in [0.1, 0.15) is 20.3 Å². The van der Waals surface area contributed by atoms with E-state index in [2.05, 4.69) is 4.98 Å². The van der Waals surface area contributed by atoms with Crippen LogP contribution < -0.4 is 9.64 Å². The van der Waals surface area contributed by atoms with Crippen molar-refractivity contribution in [3.63, 3.8) is 0 Å². The van der Waals surface area contributed by atoms with Crippen LogP contribution in [0.25, 0.3) is 0 Å². The Morgan fingerprint density at radius 3 is 2.84 bits per heavy atom. The number of fused-ring (bicyclic) bond motifs is 1. The number of nitrogens with zero attached hydrogens (tertiary/aromatic N) is 3. The zero-order valence-corrected chi connectivity index (χ0v) is 14.0. The molecule has 0 aromatic carbocycles.